The maximum absolute atomic E-state index is 13.4. The summed E-state index contributed by atoms with van der Waals surface area (Å²) in [5, 5.41) is 16.5. The van der Waals surface area contributed by atoms with Gasteiger partial charge >= 0.3 is 5.97 Å². The van der Waals surface area contributed by atoms with Crippen LogP contribution < -0.4 is 15.4 Å². The van der Waals surface area contributed by atoms with Crippen molar-refractivity contribution in [1.82, 2.24) is 15.6 Å². The number of aliphatic carboxylic acids is 1. The van der Waals surface area contributed by atoms with Gasteiger partial charge in [-0.3, -0.25) is 9.59 Å². The minimum absolute atomic E-state index is 0.223. The Kier molecular flexibility index (Phi) is 8.93. The Morgan fingerprint density at radius 1 is 1.10 bits per heavy atom. The zero-order valence-corrected chi connectivity index (χ0v) is 23.8. The number of carbonyl (C=O) groups is 2. The summed E-state index contributed by atoms with van der Waals surface area (Å²) < 4.78 is 11.9. The molecule has 2 atom stereocenters. The van der Waals surface area contributed by atoms with Gasteiger partial charge in [-0.05, 0) is 67.4 Å². The van der Waals surface area contributed by atoms with Crippen LogP contribution in [0.4, 0.5) is 0 Å². The van der Waals surface area contributed by atoms with E-state index in [1.807, 2.05) is 37.3 Å². The first kappa shape index (κ1) is 28.7. The third-order valence-corrected chi connectivity index (χ3v) is 7.85. The molecule has 1 aliphatic rings. The molecule has 0 bridgehead atoms. The average Bonchev–Trinajstić information content (AvgIpc) is 3.61. The van der Waals surface area contributed by atoms with Crippen LogP contribution in [0, 0.1) is 6.92 Å². The largest absolute Gasteiger partial charge is 0.493 e. The highest BCUT2D eigenvalue weighted by Gasteiger charge is 2.36. The van der Waals surface area contributed by atoms with Crippen molar-refractivity contribution in [2.24, 2.45) is 0 Å². The van der Waals surface area contributed by atoms with Crippen molar-refractivity contribution in [2.75, 3.05) is 13.2 Å². The number of ether oxygens (including phenoxy) is 1. The fourth-order valence-corrected chi connectivity index (χ4v) is 5.32. The zero-order chi connectivity index (χ0) is 28.9. The Hall–Kier alpha value is -3.85. The summed E-state index contributed by atoms with van der Waals surface area (Å²) in [5.41, 5.74) is 3.50. The standard InChI is InChI=1S/C31H29Cl2N3O5/c1-18-27(36-30(41-18)20-5-3-2-4-6-20)12-14-40-21-8-9-22(23-11-13-34-28(23)31(38)39)24(16-21)29(37)35-17-19-7-10-25(32)26(33)15-19/h2-10,15-16,23,28,34H,11-14,17H2,1H3,(H,35,37)(H,38,39)/t23?,28-/m0/s1. The van der Waals surface area contributed by atoms with E-state index in [0.717, 1.165) is 22.6 Å². The first-order valence-corrected chi connectivity index (χ1v) is 14.0. The molecule has 41 heavy (non-hydrogen) atoms. The van der Waals surface area contributed by atoms with E-state index >= 15 is 0 Å². The van der Waals surface area contributed by atoms with Gasteiger partial charge in [-0.15, -0.1) is 0 Å². The molecule has 10 heteroatoms. The van der Waals surface area contributed by atoms with Crippen molar-refractivity contribution in [3.05, 3.63) is 105 Å². The molecular weight excluding hydrogens is 565 g/mol. The van der Waals surface area contributed by atoms with E-state index in [1.54, 1.807) is 36.4 Å². The minimum atomic E-state index is -0.951. The number of nitrogens with one attached hydrogen (secondary N) is 2. The van der Waals surface area contributed by atoms with Crippen molar-refractivity contribution in [2.45, 2.75) is 38.3 Å². The topological polar surface area (TPSA) is 114 Å². The lowest BCUT2D eigenvalue weighted by Crippen LogP contribution is -2.35. The second kappa shape index (κ2) is 12.8. The second-order valence-electron chi connectivity index (χ2n) is 9.83. The Bertz CT molecular complexity index is 1560. The van der Waals surface area contributed by atoms with E-state index in [2.05, 4.69) is 15.6 Å². The number of aryl methyl sites for hydroxylation is 1. The number of carbonyl (C=O) groups excluding carboxylic acids is 1. The minimum Gasteiger partial charge on any atom is -0.493 e. The maximum Gasteiger partial charge on any atom is 0.321 e. The molecule has 1 aliphatic heterocycles. The Morgan fingerprint density at radius 2 is 1.90 bits per heavy atom. The number of halogens is 2. The van der Waals surface area contributed by atoms with Crippen LogP contribution >= 0.6 is 23.2 Å². The third kappa shape index (κ3) is 6.73. The molecule has 0 radical (unpaired) electrons. The van der Waals surface area contributed by atoms with E-state index in [9.17, 15) is 14.7 Å². The summed E-state index contributed by atoms with van der Waals surface area (Å²) in [7, 11) is 0. The van der Waals surface area contributed by atoms with Gasteiger partial charge in [-0.1, -0.05) is 53.5 Å². The van der Waals surface area contributed by atoms with E-state index < -0.39 is 12.0 Å². The van der Waals surface area contributed by atoms with Gasteiger partial charge < -0.3 is 24.9 Å². The number of hydrogen-bond acceptors (Lipinski definition) is 6. The normalized spacial score (nSPS) is 16.5. The fourth-order valence-electron chi connectivity index (χ4n) is 5.00. The number of hydrogen-bond donors (Lipinski definition) is 3. The van der Waals surface area contributed by atoms with Crippen molar-refractivity contribution < 1.29 is 23.8 Å². The highest BCUT2D eigenvalue weighted by atomic mass is 35.5. The number of nitrogens with zero attached hydrogens (tertiary/aromatic N) is 1. The SMILES string of the molecule is Cc1oc(-c2ccccc2)nc1CCOc1ccc(C2CCN[C@@H]2C(=O)O)c(C(=O)NCc2ccc(Cl)c(Cl)c2)c1. The molecule has 212 valence electrons. The summed E-state index contributed by atoms with van der Waals surface area (Å²) >= 11 is 12.1. The van der Waals surface area contributed by atoms with Crippen molar-refractivity contribution >= 4 is 35.1 Å². The molecule has 1 unspecified atom stereocenters. The molecule has 2 heterocycles. The van der Waals surface area contributed by atoms with Crippen molar-refractivity contribution in [3.63, 3.8) is 0 Å². The van der Waals surface area contributed by atoms with E-state index in [4.69, 9.17) is 32.4 Å². The lowest BCUT2D eigenvalue weighted by atomic mass is 9.88. The Balaban J connectivity index is 1.32. The van der Waals surface area contributed by atoms with Crippen LogP contribution in [-0.2, 0) is 17.8 Å². The molecule has 0 aliphatic carbocycles. The number of aromatic nitrogens is 1. The van der Waals surface area contributed by atoms with Gasteiger partial charge in [0.15, 0.2) is 0 Å². The smallest absolute Gasteiger partial charge is 0.321 e. The average molecular weight is 594 g/mol. The molecule has 0 saturated carbocycles. The van der Waals surface area contributed by atoms with Crippen LogP contribution in [0.25, 0.3) is 11.5 Å². The first-order chi connectivity index (χ1) is 19.8. The van der Waals surface area contributed by atoms with Gasteiger partial charge in [0.1, 0.15) is 17.6 Å². The van der Waals surface area contributed by atoms with Gasteiger partial charge in [0, 0.05) is 30.0 Å². The predicted octanol–water partition coefficient (Wildman–Crippen LogP) is 6.04. The molecule has 1 saturated heterocycles. The molecule has 1 aromatic heterocycles. The molecule has 8 nitrogen and oxygen atoms in total. The monoisotopic (exact) mass is 593 g/mol. The molecule has 3 aromatic carbocycles. The van der Waals surface area contributed by atoms with Crippen molar-refractivity contribution in [1.29, 1.82) is 0 Å². The van der Waals surface area contributed by atoms with Crippen molar-refractivity contribution in [3.8, 4) is 17.2 Å². The second-order valence-corrected chi connectivity index (χ2v) is 10.6. The lowest BCUT2D eigenvalue weighted by Gasteiger charge is -2.20. The van der Waals surface area contributed by atoms with Crippen LogP contribution in [-0.4, -0.2) is 41.2 Å². The zero-order valence-electron chi connectivity index (χ0n) is 22.3. The molecule has 4 aromatic rings. The van der Waals surface area contributed by atoms with Gasteiger partial charge in [0.05, 0.1) is 22.3 Å². The molecule has 3 N–H and O–H groups in total. The van der Waals surface area contributed by atoms with Gasteiger partial charge in [0.2, 0.25) is 5.89 Å². The van der Waals surface area contributed by atoms with Crippen LogP contribution in [0.1, 0.15) is 45.3 Å². The summed E-state index contributed by atoms with van der Waals surface area (Å²) in [5.74, 6) is 0.123. The first-order valence-electron chi connectivity index (χ1n) is 13.3. The molecule has 5 rings (SSSR count). The van der Waals surface area contributed by atoms with Gasteiger partial charge in [-0.25, -0.2) is 4.98 Å². The number of oxazole rings is 1. The lowest BCUT2D eigenvalue weighted by molar-refractivity contribution is -0.139. The Labute approximate surface area is 247 Å². The van der Waals surface area contributed by atoms with Gasteiger partial charge in [0.25, 0.3) is 5.91 Å². The van der Waals surface area contributed by atoms with Gasteiger partial charge in [-0.2, -0.15) is 0 Å². The molecule has 1 amide bonds. The van der Waals surface area contributed by atoms with Crippen LogP contribution in [0.2, 0.25) is 10.0 Å². The van der Waals surface area contributed by atoms with Crippen LogP contribution in [0.15, 0.2) is 71.1 Å². The number of amides is 1. The summed E-state index contributed by atoms with van der Waals surface area (Å²) in [6.45, 7) is 2.95. The third-order valence-electron chi connectivity index (χ3n) is 7.11. The molecular formula is C31H29Cl2N3O5. The van der Waals surface area contributed by atoms with E-state index in [1.165, 1.54) is 0 Å². The van der Waals surface area contributed by atoms with Crippen LogP contribution in [0.3, 0.4) is 0 Å². The molecule has 1 fully saturated rings. The van der Waals surface area contributed by atoms with E-state index in [0.29, 0.717) is 58.8 Å². The quantitative estimate of drug-likeness (QED) is 0.205. The Morgan fingerprint density at radius 3 is 2.66 bits per heavy atom. The maximum atomic E-state index is 13.4. The van der Waals surface area contributed by atoms with Crippen LogP contribution in [0.5, 0.6) is 5.75 Å². The fraction of sp³-hybridized carbons (Fsp3) is 0.258. The number of benzene rings is 3. The van der Waals surface area contributed by atoms with E-state index in [-0.39, 0.29) is 18.4 Å². The number of carboxylic acid groups (broad SMARTS) is 1. The molecule has 0 spiro atoms. The number of rotatable bonds is 10. The summed E-state index contributed by atoms with van der Waals surface area (Å²) in [6, 6.07) is 19.3. The summed E-state index contributed by atoms with van der Waals surface area (Å²) in [4.78, 5) is 29.9. The summed E-state index contributed by atoms with van der Waals surface area (Å²) in [6.07, 6.45) is 1.11. The predicted molar refractivity (Wildman–Crippen MR) is 157 cm³/mol. The highest BCUT2D eigenvalue weighted by molar-refractivity contribution is 6.42. The highest BCUT2D eigenvalue weighted by Crippen LogP contribution is 2.33. The number of carboxylic acids is 1.